The Balaban J connectivity index is 2.59. The first-order valence-electron chi connectivity index (χ1n) is 9.27. The maximum Gasteiger partial charge on any atom is 0.343 e. The summed E-state index contributed by atoms with van der Waals surface area (Å²) in [6, 6.07) is 12.3. The van der Waals surface area contributed by atoms with Crippen molar-refractivity contribution in [2.75, 3.05) is 13.2 Å². The van der Waals surface area contributed by atoms with Crippen LogP contribution in [0.4, 0.5) is 0 Å². The summed E-state index contributed by atoms with van der Waals surface area (Å²) in [6.45, 7) is 3.17. The van der Waals surface area contributed by atoms with E-state index in [2.05, 4.69) is 0 Å². The quantitative estimate of drug-likeness (QED) is 0.163. The monoisotopic (exact) mass is 518 g/mol. The number of ether oxygens (including phenoxy) is 4. The van der Waals surface area contributed by atoms with Gasteiger partial charge in [-0.05, 0) is 85.6 Å². The van der Waals surface area contributed by atoms with Crippen molar-refractivity contribution >= 4 is 58.3 Å². The van der Waals surface area contributed by atoms with Crippen LogP contribution < -0.4 is 9.47 Å². The molecule has 2 aromatic rings. The summed E-state index contributed by atoms with van der Waals surface area (Å²) in [5, 5.41) is -0.0254. The summed E-state index contributed by atoms with van der Waals surface area (Å²) in [6.07, 6.45) is 0. The number of halogens is 4. The molecule has 2 rings (SSSR count). The Morgan fingerprint density at radius 2 is 0.969 bits per heavy atom. The summed E-state index contributed by atoms with van der Waals surface area (Å²) in [4.78, 5) is 25.5. The van der Waals surface area contributed by atoms with Gasteiger partial charge < -0.3 is 18.9 Å². The highest BCUT2D eigenvalue weighted by molar-refractivity contribution is 6.35. The highest BCUT2D eigenvalue weighted by Gasteiger charge is 2.32. The van der Waals surface area contributed by atoms with E-state index in [0.29, 0.717) is 10.0 Å². The zero-order chi connectivity index (χ0) is 23.7. The number of esters is 2. The predicted molar refractivity (Wildman–Crippen MR) is 123 cm³/mol. The Labute approximate surface area is 205 Å². The molecule has 0 aliphatic heterocycles. The standard InChI is InChI=1S/C22H18Cl4O6/c1-3-29-21(27)17(19(25)31-15-9-5-13(23)6-10-15)18(22(28)30-4-2)20(26)32-16-11-7-14(24)8-12-16/h5-12H,3-4H2,1-2H3/b19-17-,20-18+. The minimum absolute atomic E-state index is 0.000781. The number of benzene rings is 2. The van der Waals surface area contributed by atoms with Crippen molar-refractivity contribution in [1.82, 2.24) is 0 Å². The molecule has 0 amide bonds. The molecule has 0 aromatic heterocycles. The molecule has 0 atom stereocenters. The molecule has 0 spiro atoms. The van der Waals surface area contributed by atoms with Crippen molar-refractivity contribution in [2.24, 2.45) is 0 Å². The Kier molecular flexibility index (Phi) is 10.2. The molecule has 0 unspecified atom stereocenters. The second kappa shape index (κ2) is 12.6. The van der Waals surface area contributed by atoms with Crippen LogP contribution in [0.1, 0.15) is 13.8 Å². The Bertz CT molecular complexity index is 930. The SMILES string of the molecule is CCOC(=O)C(=C(\Cl)Oc1ccc(Cl)cc1)/C(C(=O)OCC)=C(\Cl)Oc1ccc(Cl)cc1. The van der Waals surface area contributed by atoms with Gasteiger partial charge in [-0.3, -0.25) is 0 Å². The lowest BCUT2D eigenvalue weighted by atomic mass is 10.1. The van der Waals surface area contributed by atoms with Crippen LogP contribution in [0.3, 0.4) is 0 Å². The van der Waals surface area contributed by atoms with E-state index in [-0.39, 0.29) is 24.7 Å². The van der Waals surface area contributed by atoms with Gasteiger partial charge in [-0.1, -0.05) is 23.2 Å². The second-order valence-electron chi connectivity index (χ2n) is 5.85. The molecule has 0 radical (unpaired) electrons. The zero-order valence-corrected chi connectivity index (χ0v) is 20.0. The van der Waals surface area contributed by atoms with E-state index >= 15 is 0 Å². The first-order chi connectivity index (χ1) is 15.3. The van der Waals surface area contributed by atoms with Gasteiger partial charge in [-0.15, -0.1) is 0 Å². The van der Waals surface area contributed by atoms with Crippen molar-refractivity contribution in [3.05, 3.63) is 80.2 Å². The van der Waals surface area contributed by atoms with Gasteiger partial charge in [0.15, 0.2) is 0 Å². The van der Waals surface area contributed by atoms with Gasteiger partial charge in [0.25, 0.3) is 0 Å². The first-order valence-corrected chi connectivity index (χ1v) is 10.8. The van der Waals surface area contributed by atoms with Crippen molar-refractivity contribution in [3.63, 3.8) is 0 Å². The van der Waals surface area contributed by atoms with Crippen molar-refractivity contribution in [3.8, 4) is 11.5 Å². The number of rotatable bonds is 9. The highest BCUT2D eigenvalue weighted by atomic mass is 35.5. The fourth-order valence-corrected chi connectivity index (χ4v) is 3.06. The van der Waals surface area contributed by atoms with Gasteiger partial charge in [-0.2, -0.15) is 0 Å². The third kappa shape index (κ3) is 7.35. The molecule has 0 aliphatic rings. The Hall–Kier alpha value is -2.38. The van der Waals surface area contributed by atoms with Gasteiger partial charge in [0, 0.05) is 10.0 Å². The van der Waals surface area contributed by atoms with E-state index in [4.69, 9.17) is 65.4 Å². The van der Waals surface area contributed by atoms with Gasteiger partial charge >= 0.3 is 11.9 Å². The molecule has 0 saturated heterocycles. The van der Waals surface area contributed by atoms with Crippen LogP contribution in [-0.2, 0) is 19.1 Å². The molecule has 0 fully saturated rings. The van der Waals surface area contributed by atoms with Crippen LogP contribution in [0, 0.1) is 0 Å². The maximum absolute atomic E-state index is 12.7. The van der Waals surface area contributed by atoms with E-state index in [1.54, 1.807) is 38.1 Å². The average molecular weight is 520 g/mol. The van der Waals surface area contributed by atoms with Gasteiger partial charge in [0.1, 0.15) is 22.6 Å². The summed E-state index contributed by atoms with van der Waals surface area (Å²) in [7, 11) is 0. The smallest absolute Gasteiger partial charge is 0.343 e. The van der Waals surface area contributed by atoms with E-state index < -0.39 is 33.5 Å². The van der Waals surface area contributed by atoms with Crippen molar-refractivity contribution in [1.29, 1.82) is 0 Å². The summed E-state index contributed by atoms with van der Waals surface area (Å²) >= 11 is 24.4. The molecular formula is C22H18Cl4O6. The molecule has 0 saturated carbocycles. The van der Waals surface area contributed by atoms with E-state index in [9.17, 15) is 9.59 Å². The fraction of sp³-hybridized carbons (Fsp3) is 0.182. The molecule has 6 nitrogen and oxygen atoms in total. The normalized spacial score (nSPS) is 12.3. The third-order valence-electron chi connectivity index (χ3n) is 3.64. The number of hydrogen-bond donors (Lipinski definition) is 0. The predicted octanol–water partition coefficient (Wildman–Crippen LogP) is 6.48. The summed E-state index contributed by atoms with van der Waals surface area (Å²) in [5.74, 6) is -1.43. The molecular weight excluding hydrogens is 502 g/mol. The third-order valence-corrected chi connectivity index (χ3v) is 4.68. The van der Waals surface area contributed by atoms with Crippen LogP contribution in [0.2, 0.25) is 10.0 Å². The lowest BCUT2D eigenvalue weighted by molar-refractivity contribution is -0.142. The zero-order valence-electron chi connectivity index (χ0n) is 17.0. The summed E-state index contributed by atoms with van der Waals surface area (Å²) in [5.41, 5.74) is -0.943. The maximum atomic E-state index is 12.7. The van der Waals surface area contributed by atoms with Crippen molar-refractivity contribution in [2.45, 2.75) is 13.8 Å². The van der Waals surface area contributed by atoms with Crippen LogP contribution in [0.25, 0.3) is 0 Å². The van der Waals surface area contributed by atoms with Crippen LogP contribution in [0.15, 0.2) is 70.1 Å². The first kappa shape index (κ1) is 25.9. The molecule has 0 aliphatic carbocycles. The van der Waals surface area contributed by atoms with E-state index in [0.717, 1.165) is 0 Å². The lowest BCUT2D eigenvalue weighted by Gasteiger charge is -2.15. The molecule has 10 heteroatoms. The second-order valence-corrected chi connectivity index (χ2v) is 7.41. The molecule has 0 bridgehead atoms. The lowest BCUT2D eigenvalue weighted by Crippen LogP contribution is -2.21. The minimum Gasteiger partial charge on any atom is -0.462 e. The van der Waals surface area contributed by atoms with Crippen LogP contribution in [-0.4, -0.2) is 25.2 Å². The number of carbonyl (C=O) groups excluding carboxylic acids is 2. The van der Waals surface area contributed by atoms with Crippen molar-refractivity contribution < 1.29 is 28.5 Å². The Morgan fingerprint density at radius 3 is 1.25 bits per heavy atom. The van der Waals surface area contributed by atoms with Gasteiger partial charge in [0.05, 0.1) is 13.2 Å². The summed E-state index contributed by atoms with van der Waals surface area (Å²) < 4.78 is 21.2. The largest absolute Gasteiger partial charge is 0.462 e. The van der Waals surface area contributed by atoms with Gasteiger partial charge in [-0.25, -0.2) is 9.59 Å². The average Bonchev–Trinajstić information content (AvgIpc) is 2.75. The molecule has 170 valence electrons. The Morgan fingerprint density at radius 1 is 0.656 bits per heavy atom. The topological polar surface area (TPSA) is 71.1 Å². The van der Waals surface area contributed by atoms with E-state index in [1.165, 1.54) is 24.3 Å². The van der Waals surface area contributed by atoms with Crippen LogP contribution in [0.5, 0.6) is 11.5 Å². The fourth-order valence-electron chi connectivity index (χ4n) is 2.28. The molecule has 0 heterocycles. The van der Waals surface area contributed by atoms with Gasteiger partial charge in [0.2, 0.25) is 10.4 Å². The number of hydrogen-bond acceptors (Lipinski definition) is 6. The molecule has 0 N–H and O–H groups in total. The number of carbonyl (C=O) groups is 2. The minimum atomic E-state index is -0.965. The molecule has 32 heavy (non-hydrogen) atoms. The van der Waals surface area contributed by atoms with E-state index in [1.807, 2.05) is 0 Å². The highest BCUT2D eigenvalue weighted by Crippen LogP contribution is 2.30. The van der Waals surface area contributed by atoms with Crippen LogP contribution >= 0.6 is 46.4 Å². The molecule has 2 aromatic carbocycles.